The summed E-state index contributed by atoms with van der Waals surface area (Å²) >= 11 is 1.48. The van der Waals surface area contributed by atoms with Crippen molar-refractivity contribution in [1.82, 2.24) is 0 Å². The molecule has 0 bridgehead atoms. The van der Waals surface area contributed by atoms with Crippen LogP contribution in [0.15, 0.2) is 29.4 Å². The quantitative estimate of drug-likeness (QED) is 0.495. The number of carbonyl (C=O) groups excluding carboxylic acids is 1. The van der Waals surface area contributed by atoms with Crippen molar-refractivity contribution in [2.75, 3.05) is 13.4 Å². The lowest BCUT2D eigenvalue weighted by molar-refractivity contribution is -0.140. The molecule has 1 aliphatic heterocycles. The Bertz CT molecular complexity index is 684. The van der Waals surface area contributed by atoms with Crippen LogP contribution < -0.4 is 0 Å². The summed E-state index contributed by atoms with van der Waals surface area (Å²) in [6, 6.07) is 8.13. The van der Waals surface area contributed by atoms with Crippen LogP contribution >= 0.6 is 11.8 Å². The smallest absolute Gasteiger partial charge is 0.318 e. The van der Waals surface area contributed by atoms with Gasteiger partial charge in [-0.05, 0) is 36.8 Å². The van der Waals surface area contributed by atoms with Gasteiger partial charge in [0, 0.05) is 24.3 Å². The van der Waals surface area contributed by atoms with Gasteiger partial charge in [-0.15, -0.1) is 0 Å². The summed E-state index contributed by atoms with van der Waals surface area (Å²) in [6.07, 6.45) is 5.62. The van der Waals surface area contributed by atoms with Crippen molar-refractivity contribution in [1.29, 1.82) is 0 Å². The fourth-order valence-corrected chi connectivity index (χ4v) is 3.24. The van der Waals surface area contributed by atoms with Crippen molar-refractivity contribution in [2.45, 2.75) is 64.7 Å². The van der Waals surface area contributed by atoms with Crippen LogP contribution in [0.5, 0.6) is 0 Å². The third-order valence-electron chi connectivity index (χ3n) is 4.17. The highest BCUT2D eigenvalue weighted by atomic mass is 32.2. The summed E-state index contributed by atoms with van der Waals surface area (Å²) in [6.45, 7) is 8.00. The number of hydrogen-bond donors (Lipinski definition) is 0. The summed E-state index contributed by atoms with van der Waals surface area (Å²) in [5, 5.41) is 3.98. The van der Waals surface area contributed by atoms with E-state index in [1.807, 2.05) is 58.2 Å². The number of carbonyl (C=O) groups is 1. The van der Waals surface area contributed by atoms with E-state index in [2.05, 4.69) is 17.0 Å². The van der Waals surface area contributed by atoms with E-state index in [1.165, 1.54) is 31.7 Å². The maximum Gasteiger partial charge on any atom is 0.318 e. The number of hydrogen-bond acceptors (Lipinski definition) is 5. The number of oxime groups is 1. The lowest BCUT2D eigenvalue weighted by Crippen LogP contribution is -2.24. The third kappa shape index (κ3) is 7.59. The Hall–Kier alpha value is -1.93. The van der Waals surface area contributed by atoms with Gasteiger partial charge in [0.2, 0.25) is 0 Å². The van der Waals surface area contributed by atoms with Gasteiger partial charge in [-0.1, -0.05) is 56.8 Å². The number of esters is 1. The van der Waals surface area contributed by atoms with Crippen molar-refractivity contribution in [3.8, 4) is 11.8 Å². The van der Waals surface area contributed by atoms with Crippen molar-refractivity contribution in [2.24, 2.45) is 11.1 Å². The van der Waals surface area contributed by atoms with Gasteiger partial charge in [0.05, 0.1) is 12.8 Å². The minimum Gasteiger partial charge on any atom is -0.468 e. The number of nitrogens with zero attached hydrogens (tertiary/aromatic N) is 1. The van der Waals surface area contributed by atoms with Gasteiger partial charge < -0.3 is 9.57 Å². The SMILES string of the molecule is CC.CC.COC(=O)C(CC1CC(c2ccc(C#CC3CC3)cc2)=NO1)SC. The van der Waals surface area contributed by atoms with Gasteiger partial charge in [0.25, 0.3) is 0 Å². The maximum absolute atomic E-state index is 11.7. The second kappa shape index (κ2) is 13.3. The van der Waals surface area contributed by atoms with Crippen molar-refractivity contribution in [3.63, 3.8) is 0 Å². The zero-order valence-corrected chi connectivity index (χ0v) is 18.8. The highest BCUT2D eigenvalue weighted by Gasteiger charge is 2.29. The molecule has 1 aromatic rings. The molecule has 1 saturated carbocycles. The summed E-state index contributed by atoms with van der Waals surface area (Å²) in [7, 11) is 1.41. The standard InChI is InChI=1S/C19H21NO3S.2C2H6/c1-22-19(21)18(24-2)12-16-11-17(20-23-16)15-9-7-14(8-10-15)6-5-13-3-4-13;2*1-2/h7-10,13,16,18H,3-4,11-12H2,1-2H3;2*1-2H3. The van der Waals surface area contributed by atoms with Crippen molar-refractivity contribution in [3.05, 3.63) is 35.4 Å². The van der Waals surface area contributed by atoms with Gasteiger partial charge in [-0.3, -0.25) is 4.79 Å². The number of rotatable bonds is 5. The first-order chi connectivity index (χ1) is 13.7. The van der Waals surface area contributed by atoms with E-state index in [9.17, 15) is 4.79 Å². The minimum absolute atomic E-state index is 0.0779. The first kappa shape index (κ1) is 24.1. The van der Waals surface area contributed by atoms with Crippen LogP contribution in [0, 0.1) is 17.8 Å². The fourth-order valence-electron chi connectivity index (χ4n) is 2.54. The Kier molecular flexibility index (Phi) is 11.4. The zero-order chi connectivity index (χ0) is 20.9. The Balaban J connectivity index is 0.000000921. The molecular formula is C23H33NO3S. The summed E-state index contributed by atoms with van der Waals surface area (Å²) in [5.74, 6) is 6.87. The Labute approximate surface area is 174 Å². The van der Waals surface area contributed by atoms with Crippen molar-refractivity contribution < 1.29 is 14.4 Å². The fraction of sp³-hybridized carbons (Fsp3) is 0.565. The Morgan fingerprint density at radius 1 is 1.25 bits per heavy atom. The second-order valence-electron chi connectivity index (χ2n) is 6.07. The largest absolute Gasteiger partial charge is 0.468 e. The molecule has 3 rings (SSSR count). The molecule has 2 atom stereocenters. The van der Waals surface area contributed by atoms with Gasteiger partial charge in [-0.2, -0.15) is 11.8 Å². The summed E-state index contributed by atoms with van der Waals surface area (Å²) in [4.78, 5) is 17.2. The molecule has 28 heavy (non-hydrogen) atoms. The molecule has 5 heteroatoms. The molecule has 1 fully saturated rings. The molecular weight excluding hydrogens is 370 g/mol. The number of thioether (sulfide) groups is 1. The topological polar surface area (TPSA) is 47.9 Å². The molecule has 1 heterocycles. The van der Waals surface area contributed by atoms with Crippen LogP contribution in [0.4, 0.5) is 0 Å². The molecule has 0 amide bonds. The minimum atomic E-state index is -0.213. The normalized spacial score (nSPS) is 17.9. The van der Waals surface area contributed by atoms with Crippen LogP contribution in [0.25, 0.3) is 0 Å². The molecule has 0 spiro atoms. The lowest BCUT2D eigenvalue weighted by atomic mass is 10.0. The molecule has 2 aliphatic rings. The van der Waals surface area contributed by atoms with E-state index in [4.69, 9.17) is 9.57 Å². The maximum atomic E-state index is 11.7. The highest BCUT2D eigenvalue weighted by molar-refractivity contribution is 7.99. The average molecular weight is 404 g/mol. The molecule has 154 valence electrons. The van der Waals surface area contributed by atoms with Gasteiger partial charge >= 0.3 is 5.97 Å². The van der Waals surface area contributed by atoms with Crippen molar-refractivity contribution >= 4 is 23.4 Å². The molecule has 1 aliphatic carbocycles. The molecule has 1 aromatic carbocycles. The van der Waals surface area contributed by atoms with E-state index < -0.39 is 0 Å². The molecule has 0 N–H and O–H groups in total. The van der Waals surface area contributed by atoms with E-state index in [1.54, 1.807) is 0 Å². The number of ether oxygens (including phenoxy) is 1. The van der Waals surface area contributed by atoms with Crippen LogP contribution in [-0.2, 0) is 14.4 Å². The first-order valence-electron chi connectivity index (χ1n) is 10.1. The first-order valence-corrected chi connectivity index (χ1v) is 11.4. The average Bonchev–Trinajstić information content (AvgIpc) is 3.49. The van der Waals surface area contributed by atoms with Gasteiger partial charge in [0.15, 0.2) is 0 Å². The second-order valence-corrected chi connectivity index (χ2v) is 7.11. The predicted molar refractivity (Wildman–Crippen MR) is 119 cm³/mol. The molecule has 4 nitrogen and oxygen atoms in total. The van der Waals surface area contributed by atoms with E-state index in [0.717, 1.165) is 16.8 Å². The van der Waals surface area contributed by atoms with E-state index in [0.29, 0.717) is 18.8 Å². The van der Waals surface area contributed by atoms with Crippen LogP contribution in [0.3, 0.4) is 0 Å². The monoisotopic (exact) mass is 403 g/mol. The number of benzene rings is 1. The summed E-state index contributed by atoms with van der Waals surface area (Å²) in [5.41, 5.74) is 3.01. The lowest BCUT2D eigenvalue weighted by Gasteiger charge is -2.15. The van der Waals surface area contributed by atoms with Gasteiger partial charge in [-0.25, -0.2) is 0 Å². The third-order valence-corrected chi connectivity index (χ3v) is 5.13. The van der Waals surface area contributed by atoms with E-state index in [-0.39, 0.29) is 17.3 Å². The van der Waals surface area contributed by atoms with E-state index >= 15 is 0 Å². The molecule has 0 saturated heterocycles. The van der Waals surface area contributed by atoms with Crippen LogP contribution in [-0.4, -0.2) is 36.4 Å². The number of methoxy groups -OCH3 is 1. The van der Waals surface area contributed by atoms with Crippen LogP contribution in [0.2, 0.25) is 0 Å². The Morgan fingerprint density at radius 3 is 2.43 bits per heavy atom. The summed E-state index contributed by atoms with van der Waals surface area (Å²) < 4.78 is 4.82. The van der Waals surface area contributed by atoms with Crippen LogP contribution in [0.1, 0.15) is 64.5 Å². The predicted octanol–water partition coefficient (Wildman–Crippen LogP) is 5.29. The molecule has 0 aromatic heterocycles. The molecule has 0 radical (unpaired) electrons. The molecule has 2 unspecified atom stereocenters. The Morgan fingerprint density at radius 2 is 1.89 bits per heavy atom. The van der Waals surface area contributed by atoms with Gasteiger partial charge in [0.1, 0.15) is 11.4 Å². The zero-order valence-electron chi connectivity index (χ0n) is 18.0. The highest BCUT2D eigenvalue weighted by Crippen LogP contribution is 2.28.